The van der Waals surface area contributed by atoms with Crippen molar-refractivity contribution in [1.82, 2.24) is 9.47 Å². The first-order valence-electron chi connectivity index (χ1n) is 8.90. The second kappa shape index (κ2) is 6.81. The Kier molecular flexibility index (Phi) is 4.31. The van der Waals surface area contributed by atoms with E-state index in [4.69, 9.17) is 0 Å². The zero-order valence-corrected chi connectivity index (χ0v) is 15.0. The summed E-state index contributed by atoms with van der Waals surface area (Å²) in [6.07, 6.45) is 3.65. The molecule has 4 rings (SSSR count). The summed E-state index contributed by atoms with van der Waals surface area (Å²) in [6.45, 7) is 4.33. The van der Waals surface area contributed by atoms with Gasteiger partial charge in [-0.2, -0.15) is 0 Å². The first-order chi connectivity index (χ1) is 13.5. The first kappa shape index (κ1) is 17.7. The van der Waals surface area contributed by atoms with Gasteiger partial charge in [0.2, 0.25) is 0 Å². The fraction of sp³-hybridized carbons (Fsp3) is 0.136. The van der Waals surface area contributed by atoms with E-state index in [0.29, 0.717) is 6.54 Å². The third-order valence-corrected chi connectivity index (χ3v) is 5.03. The molecular formula is C22H18N2O4. The van der Waals surface area contributed by atoms with E-state index in [1.54, 1.807) is 30.3 Å². The second-order valence-corrected chi connectivity index (χ2v) is 6.70. The minimum Gasteiger partial charge on any atom is -0.480 e. The molecule has 1 aliphatic rings. The summed E-state index contributed by atoms with van der Waals surface area (Å²) in [5.74, 6) is -2.35. The molecule has 0 bridgehead atoms. The monoisotopic (exact) mass is 374 g/mol. The van der Waals surface area contributed by atoms with E-state index < -0.39 is 23.8 Å². The Morgan fingerprint density at radius 1 is 1.04 bits per heavy atom. The van der Waals surface area contributed by atoms with Gasteiger partial charge in [0.1, 0.15) is 6.04 Å². The molecule has 2 amide bonds. The van der Waals surface area contributed by atoms with Crippen molar-refractivity contribution in [3.05, 3.63) is 84.1 Å². The summed E-state index contributed by atoms with van der Waals surface area (Å²) >= 11 is 0. The number of fused-ring (bicyclic) bond motifs is 2. The molecular weight excluding hydrogens is 356 g/mol. The molecule has 1 N–H and O–H groups in total. The minimum atomic E-state index is -1.28. The Labute approximate surface area is 161 Å². The Morgan fingerprint density at radius 3 is 2.25 bits per heavy atom. The highest BCUT2D eigenvalue weighted by atomic mass is 16.4. The van der Waals surface area contributed by atoms with Gasteiger partial charge in [-0.05, 0) is 23.8 Å². The standard InChI is InChI=1S/C22H18N2O4/c1-2-11-23-13-14(15-7-5-6-10-18(15)23)12-19(22(27)28)24-20(25)16-8-3-4-9-17(16)21(24)26/h2-10,13,19H,1,11-12H2,(H,27,28). The quantitative estimate of drug-likeness (QED) is 0.531. The SMILES string of the molecule is C=CCn1cc(CC(C(=O)O)N2C(=O)c3ccccc3C2=O)c2ccccc21. The van der Waals surface area contributed by atoms with Gasteiger partial charge in [0.15, 0.2) is 0 Å². The van der Waals surface area contributed by atoms with Crippen molar-refractivity contribution in [2.45, 2.75) is 19.0 Å². The molecule has 28 heavy (non-hydrogen) atoms. The number of carboxylic acid groups (broad SMARTS) is 1. The van der Waals surface area contributed by atoms with Crippen LogP contribution in [0.25, 0.3) is 10.9 Å². The summed E-state index contributed by atoms with van der Waals surface area (Å²) in [7, 11) is 0. The molecule has 0 fully saturated rings. The van der Waals surface area contributed by atoms with Crippen molar-refractivity contribution in [1.29, 1.82) is 0 Å². The fourth-order valence-corrected chi connectivity index (χ4v) is 3.76. The smallest absolute Gasteiger partial charge is 0.327 e. The number of amides is 2. The third-order valence-electron chi connectivity index (χ3n) is 5.03. The number of aliphatic carboxylic acids is 1. The maximum absolute atomic E-state index is 12.7. The summed E-state index contributed by atoms with van der Waals surface area (Å²) in [6, 6.07) is 12.8. The molecule has 6 heteroatoms. The molecule has 0 radical (unpaired) electrons. The van der Waals surface area contributed by atoms with Crippen LogP contribution in [-0.4, -0.2) is 38.4 Å². The molecule has 0 spiro atoms. The van der Waals surface area contributed by atoms with Crippen LogP contribution in [0, 0.1) is 0 Å². The Hall–Kier alpha value is -3.67. The largest absolute Gasteiger partial charge is 0.480 e. The van der Waals surface area contributed by atoms with Crippen LogP contribution >= 0.6 is 0 Å². The van der Waals surface area contributed by atoms with E-state index >= 15 is 0 Å². The first-order valence-corrected chi connectivity index (χ1v) is 8.90. The highest BCUT2D eigenvalue weighted by molar-refractivity contribution is 6.22. The van der Waals surface area contributed by atoms with Gasteiger partial charge >= 0.3 is 5.97 Å². The van der Waals surface area contributed by atoms with Gasteiger partial charge in [0.25, 0.3) is 11.8 Å². The van der Waals surface area contributed by atoms with Crippen molar-refractivity contribution in [3.8, 4) is 0 Å². The molecule has 2 heterocycles. The molecule has 1 aliphatic heterocycles. The van der Waals surface area contributed by atoms with Crippen LogP contribution in [0.5, 0.6) is 0 Å². The van der Waals surface area contributed by atoms with E-state index in [1.165, 1.54) is 0 Å². The lowest BCUT2D eigenvalue weighted by Gasteiger charge is -2.22. The zero-order chi connectivity index (χ0) is 19.8. The number of aromatic nitrogens is 1. The van der Waals surface area contributed by atoms with Crippen molar-refractivity contribution in [2.24, 2.45) is 0 Å². The zero-order valence-electron chi connectivity index (χ0n) is 15.0. The number of hydrogen-bond acceptors (Lipinski definition) is 3. The van der Waals surface area contributed by atoms with Crippen LogP contribution in [0.2, 0.25) is 0 Å². The van der Waals surface area contributed by atoms with E-state index in [0.717, 1.165) is 21.4 Å². The Bertz CT molecular complexity index is 1090. The molecule has 1 aromatic heterocycles. The van der Waals surface area contributed by atoms with E-state index in [-0.39, 0.29) is 17.5 Å². The summed E-state index contributed by atoms with van der Waals surface area (Å²) in [5, 5.41) is 10.7. The van der Waals surface area contributed by atoms with Gasteiger partial charge in [0, 0.05) is 30.1 Å². The minimum absolute atomic E-state index is 0.0332. The number of carbonyl (C=O) groups is 3. The van der Waals surface area contributed by atoms with Crippen molar-refractivity contribution >= 4 is 28.7 Å². The maximum Gasteiger partial charge on any atom is 0.327 e. The molecule has 0 saturated heterocycles. The summed E-state index contributed by atoms with van der Waals surface area (Å²) in [5.41, 5.74) is 2.20. The molecule has 1 atom stereocenters. The number of carboxylic acids is 1. The van der Waals surface area contributed by atoms with E-state index in [2.05, 4.69) is 6.58 Å². The van der Waals surface area contributed by atoms with Gasteiger partial charge in [-0.1, -0.05) is 36.4 Å². The average Bonchev–Trinajstić information content (AvgIpc) is 3.16. The number of imide groups is 1. The average molecular weight is 374 g/mol. The lowest BCUT2D eigenvalue weighted by Crippen LogP contribution is -2.46. The highest BCUT2D eigenvalue weighted by Crippen LogP contribution is 2.28. The predicted octanol–water partition coefficient (Wildman–Crippen LogP) is 3.12. The molecule has 0 aliphatic carbocycles. The number of carbonyl (C=O) groups excluding carboxylic acids is 2. The van der Waals surface area contributed by atoms with Crippen molar-refractivity contribution in [3.63, 3.8) is 0 Å². The Morgan fingerprint density at radius 2 is 1.64 bits per heavy atom. The number of nitrogens with zero attached hydrogens (tertiary/aromatic N) is 2. The lowest BCUT2D eigenvalue weighted by atomic mass is 10.0. The lowest BCUT2D eigenvalue weighted by molar-refractivity contribution is -0.141. The second-order valence-electron chi connectivity index (χ2n) is 6.70. The van der Waals surface area contributed by atoms with Crippen LogP contribution in [-0.2, 0) is 17.8 Å². The van der Waals surface area contributed by atoms with Crippen LogP contribution in [0.15, 0.2) is 67.4 Å². The number of benzene rings is 2. The van der Waals surface area contributed by atoms with Gasteiger partial charge in [-0.15, -0.1) is 6.58 Å². The molecule has 0 saturated carbocycles. The van der Waals surface area contributed by atoms with Crippen LogP contribution in [0.1, 0.15) is 26.3 Å². The number of hydrogen-bond donors (Lipinski definition) is 1. The molecule has 2 aromatic carbocycles. The van der Waals surface area contributed by atoms with Gasteiger partial charge < -0.3 is 9.67 Å². The summed E-state index contributed by atoms with van der Waals surface area (Å²) in [4.78, 5) is 38.4. The van der Waals surface area contributed by atoms with Gasteiger partial charge in [-0.3, -0.25) is 14.5 Å². The highest BCUT2D eigenvalue weighted by Gasteiger charge is 2.43. The summed E-state index contributed by atoms with van der Waals surface area (Å²) < 4.78 is 1.97. The molecule has 3 aromatic rings. The van der Waals surface area contributed by atoms with Crippen LogP contribution in [0.4, 0.5) is 0 Å². The number of rotatable bonds is 6. The van der Waals surface area contributed by atoms with Crippen molar-refractivity contribution < 1.29 is 19.5 Å². The normalized spacial score (nSPS) is 14.4. The maximum atomic E-state index is 12.7. The molecule has 140 valence electrons. The predicted molar refractivity (Wildman–Crippen MR) is 104 cm³/mol. The topological polar surface area (TPSA) is 79.6 Å². The van der Waals surface area contributed by atoms with Crippen LogP contribution < -0.4 is 0 Å². The van der Waals surface area contributed by atoms with Crippen molar-refractivity contribution in [2.75, 3.05) is 0 Å². The fourth-order valence-electron chi connectivity index (χ4n) is 3.76. The van der Waals surface area contributed by atoms with E-state index in [9.17, 15) is 19.5 Å². The van der Waals surface area contributed by atoms with Gasteiger partial charge in [-0.25, -0.2) is 4.79 Å². The number of para-hydroxylation sites is 1. The molecule has 1 unspecified atom stereocenters. The van der Waals surface area contributed by atoms with Gasteiger partial charge in [0.05, 0.1) is 11.1 Å². The molecule has 6 nitrogen and oxygen atoms in total. The van der Waals surface area contributed by atoms with Crippen LogP contribution in [0.3, 0.4) is 0 Å². The third kappa shape index (κ3) is 2.70. The van der Waals surface area contributed by atoms with E-state index in [1.807, 2.05) is 35.0 Å². The Balaban J connectivity index is 1.75. The number of allylic oxidation sites excluding steroid dienone is 1.